The number of carbonyl (C=O) groups is 1. The molecule has 0 aliphatic heterocycles. The van der Waals surface area contributed by atoms with Crippen LogP contribution in [0.15, 0.2) is 36.4 Å². The highest BCUT2D eigenvalue weighted by Gasteiger charge is 2.19. The van der Waals surface area contributed by atoms with Crippen molar-refractivity contribution in [2.24, 2.45) is 0 Å². The molecule has 0 N–H and O–H groups in total. The summed E-state index contributed by atoms with van der Waals surface area (Å²) in [5.74, 6) is 0.889. The van der Waals surface area contributed by atoms with Gasteiger partial charge in [0.15, 0.2) is 0 Å². The van der Waals surface area contributed by atoms with Gasteiger partial charge in [0.1, 0.15) is 0 Å². The summed E-state index contributed by atoms with van der Waals surface area (Å²) in [6.45, 7) is 6.93. The lowest BCUT2D eigenvalue weighted by Crippen LogP contribution is -2.36. The van der Waals surface area contributed by atoms with E-state index in [2.05, 4.69) is 44.2 Å². The molecule has 0 unspecified atom stereocenters. The van der Waals surface area contributed by atoms with Crippen molar-refractivity contribution in [2.75, 3.05) is 6.54 Å². The Bertz CT molecular complexity index is 695. The van der Waals surface area contributed by atoms with Crippen molar-refractivity contribution in [1.29, 1.82) is 0 Å². The molecule has 0 atom stereocenters. The van der Waals surface area contributed by atoms with Gasteiger partial charge in [-0.15, -0.1) is 11.3 Å². The zero-order valence-corrected chi connectivity index (χ0v) is 16.4. The molecule has 3 heteroatoms. The van der Waals surface area contributed by atoms with E-state index >= 15 is 0 Å². The molecular weight excluding hydrogens is 326 g/mol. The number of benzene rings is 1. The summed E-state index contributed by atoms with van der Waals surface area (Å²) < 4.78 is 0. The zero-order chi connectivity index (χ0) is 17.8. The van der Waals surface area contributed by atoms with Gasteiger partial charge in [-0.1, -0.05) is 43.5 Å². The first-order valence-electron chi connectivity index (χ1n) is 9.61. The standard InChI is InChI=1S/C22H29NOS/c1-4-23(16(2)3)22(24)21-15-14-20(25-21)19-12-10-18(11-13-19)17-8-6-5-7-9-17/h10-17H,4-9H2,1-3H3. The third-order valence-corrected chi connectivity index (χ3v) is 6.44. The first kappa shape index (κ1) is 18.2. The third kappa shape index (κ3) is 4.14. The van der Waals surface area contributed by atoms with Crippen molar-refractivity contribution in [1.82, 2.24) is 4.90 Å². The average Bonchev–Trinajstić information content (AvgIpc) is 3.13. The van der Waals surface area contributed by atoms with Crippen LogP contribution >= 0.6 is 11.3 Å². The van der Waals surface area contributed by atoms with E-state index in [4.69, 9.17) is 0 Å². The number of thiophene rings is 1. The van der Waals surface area contributed by atoms with Gasteiger partial charge in [0, 0.05) is 17.5 Å². The Labute approximate surface area is 155 Å². The van der Waals surface area contributed by atoms with Crippen LogP contribution in [0.25, 0.3) is 10.4 Å². The fourth-order valence-corrected chi connectivity index (χ4v) is 4.82. The average molecular weight is 356 g/mol. The molecule has 1 aromatic heterocycles. The monoisotopic (exact) mass is 355 g/mol. The predicted molar refractivity (Wildman–Crippen MR) is 107 cm³/mol. The number of hydrogen-bond donors (Lipinski definition) is 0. The normalized spacial score (nSPS) is 15.5. The van der Waals surface area contributed by atoms with E-state index in [0.29, 0.717) is 0 Å². The van der Waals surface area contributed by atoms with E-state index in [1.54, 1.807) is 11.3 Å². The molecule has 3 rings (SSSR count). The molecular formula is C22H29NOS. The predicted octanol–water partition coefficient (Wildman–Crippen LogP) is 6.33. The molecule has 0 radical (unpaired) electrons. The van der Waals surface area contributed by atoms with Crippen LogP contribution in [0, 0.1) is 0 Å². The van der Waals surface area contributed by atoms with Gasteiger partial charge >= 0.3 is 0 Å². The molecule has 1 amide bonds. The number of nitrogens with zero attached hydrogens (tertiary/aromatic N) is 1. The second kappa shape index (κ2) is 8.18. The summed E-state index contributed by atoms with van der Waals surface area (Å²) in [5, 5.41) is 0. The number of hydrogen-bond acceptors (Lipinski definition) is 2. The fourth-order valence-electron chi connectivity index (χ4n) is 3.85. The molecule has 1 heterocycles. The lowest BCUT2D eigenvalue weighted by molar-refractivity contribution is 0.0722. The van der Waals surface area contributed by atoms with Crippen LogP contribution in [0.2, 0.25) is 0 Å². The maximum atomic E-state index is 12.7. The fraction of sp³-hybridized carbons (Fsp3) is 0.500. The Morgan fingerprint density at radius 3 is 2.36 bits per heavy atom. The molecule has 2 nitrogen and oxygen atoms in total. The molecule has 1 fully saturated rings. The minimum atomic E-state index is 0.146. The van der Waals surface area contributed by atoms with E-state index in [1.807, 2.05) is 17.9 Å². The van der Waals surface area contributed by atoms with E-state index in [0.717, 1.165) is 17.3 Å². The van der Waals surface area contributed by atoms with Gasteiger partial charge in [-0.2, -0.15) is 0 Å². The van der Waals surface area contributed by atoms with Crippen molar-refractivity contribution in [2.45, 2.75) is 64.8 Å². The van der Waals surface area contributed by atoms with Gasteiger partial charge in [0.2, 0.25) is 0 Å². The second-order valence-corrected chi connectivity index (χ2v) is 8.39. The van der Waals surface area contributed by atoms with Crippen LogP contribution < -0.4 is 0 Å². The van der Waals surface area contributed by atoms with Crippen molar-refractivity contribution in [3.05, 3.63) is 46.8 Å². The summed E-state index contributed by atoms with van der Waals surface area (Å²) in [5.41, 5.74) is 2.70. The van der Waals surface area contributed by atoms with Crippen LogP contribution in [0.4, 0.5) is 0 Å². The molecule has 1 aromatic carbocycles. The van der Waals surface area contributed by atoms with E-state index in [9.17, 15) is 4.79 Å². The zero-order valence-electron chi connectivity index (χ0n) is 15.6. The van der Waals surface area contributed by atoms with Crippen molar-refractivity contribution >= 4 is 17.2 Å². The molecule has 1 aliphatic carbocycles. The SMILES string of the molecule is CCN(C(=O)c1ccc(-c2ccc(C3CCCCC3)cc2)s1)C(C)C. The molecule has 0 bridgehead atoms. The number of rotatable bonds is 5. The first-order chi connectivity index (χ1) is 12.1. The smallest absolute Gasteiger partial charge is 0.264 e. The Morgan fingerprint density at radius 1 is 1.08 bits per heavy atom. The van der Waals surface area contributed by atoms with Crippen LogP contribution in [0.3, 0.4) is 0 Å². The van der Waals surface area contributed by atoms with Gasteiger partial charge < -0.3 is 4.90 Å². The van der Waals surface area contributed by atoms with Gasteiger partial charge in [0.05, 0.1) is 4.88 Å². The van der Waals surface area contributed by atoms with Gasteiger partial charge in [-0.25, -0.2) is 0 Å². The van der Waals surface area contributed by atoms with E-state index < -0.39 is 0 Å². The summed E-state index contributed by atoms with van der Waals surface area (Å²) in [6.07, 6.45) is 6.79. The first-order valence-corrected chi connectivity index (χ1v) is 10.4. The Kier molecular flexibility index (Phi) is 5.95. The van der Waals surface area contributed by atoms with Crippen molar-refractivity contribution in [3.8, 4) is 10.4 Å². The summed E-state index contributed by atoms with van der Waals surface area (Å²) >= 11 is 1.61. The Balaban J connectivity index is 1.74. The highest BCUT2D eigenvalue weighted by Crippen LogP contribution is 2.35. The Hall–Kier alpha value is -1.61. The number of amides is 1. The molecule has 0 spiro atoms. The molecule has 1 aliphatic rings. The highest BCUT2D eigenvalue weighted by molar-refractivity contribution is 7.17. The molecule has 1 saturated carbocycles. The molecule has 2 aromatic rings. The third-order valence-electron chi connectivity index (χ3n) is 5.31. The van der Waals surface area contributed by atoms with Gasteiger partial charge in [0.25, 0.3) is 5.91 Å². The van der Waals surface area contributed by atoms with E-state index in [1.165, 1.54) is 48.1 Å². The van der Waals surface area contributed by atoms with Crippen LogP contribution in [-0.4, -0.2) is 23.4 Å². The van der Waals surface area contributed by atoms with Crippen LogP contribution in [0.5, 0.6) is 0 Å². The van der Waals surface area contributed by atoms with Crippen molar-refractivity contribution in [3.63, 3.8) is 0 Å². The Morgan fingerprint density at radius 2 is 1.76 bits per heavy atom. The minimum absolute atomic E-state index is 0.146. The maximum absolute atomic E-state index is 12.7. The maximum Gasteiger partial charge on any atom is 0.264 e. The second-order valence-electron chi connectivity index (χ2n) is 7.31. The van der Waals surface area contributed by atoms with Gasteiger partial charge in [-0.05, 0) is 62.8 Å². The highest BCUT2D eigenvalue weighted by atomic mass is 32.1. The summed E-state index contributed by atoms with van der Waals surface area (Å²) in [4.78, 5) is 16.6. The van der Waals surface area contributed by atoms with Crippen LogP contribution in [-0.2, 0) is 0 Å². The topological polar surface area (TPSA) is 20.3 Å². The van der Waals surface area contributed by atoms with Crippen LogP contribution in [0.1, 0.15) is 74.0 Å². The lowest BCUT2D eigenvalue weighted by atomic mass is 9.84. The summed E-state index contributed by atoms with van der Waals surface area (Å²) in [7, 11) is 0. The lowest BCUT2D eigenvalue weighted by Gasteiger charge is -2.24. The minimum Gasteiger partial charge on any atom is -0.336 e. The van der Waals surface area contributed by atoms with Gasteiger partial charge in [-0.3, -0.25) is 4.79 Å². The molecule has 134 valence electrons. The van der Waals surface area contributed by atoms with E-state index in [-0.39, 0.29) is 11.9 Å². The largest absolute Gasteiger partial charge is 0.336 e. The molecule has 25 heavy (non-hydrogen) atoms. The van der Waals surface area contributed by atoms with Crippen molar-refractivity contribution < 1.29 is 4.79 Å². The number of carbonyl (C=O) groups excluding carboxylic acids is 1. The molecule has 0 saturated heterocycles. The summed E-state index contributed by atoms with van der Waals surface area (Å²) in [6, 6.07) is 13.3. The quantitative estimate of drug-likeness (QED) is 0.613.